The summed E-state index contributed by atoms with van der Waals surface area (Å²) < 4.78 is 4.66. The van der Waals surface area contributed by atoms with Crippen LogP contribution in [0.1, 0.15) is 25.8 Å². The number of likely N-dealkylation sites (tertiary alicyclic amines) is 1. The highest BCUT2D eigenvalue weighted by Gasteiger charge is 2.76. The van der Waals surface area contributed by atoms with Gasteiger partial charge in [-0.1, -0.05) is 67.6 Å². The summed E-state index contributed by atoms with van der Waals surface area (Å²) >= 11 is 1.61. The molecule has 2 amide bonds. The Balaban J connectivity index is 1.41. The fraction of sp³-hybridized carbons (Fsp3) is 0.406. The maximum atomic E-state index is 14.4. The average molecular weight is 559 g/mol. The first kappa shape index (κ1) is 26.8. The molecule has 0 aliphatic carbocycles. The third-order valence-corrected chi connectivity index (χ3v) is 11.0. The molecule has 2 N–H and O–H groups in total. The number of carbonyl (C=O) groups is 3. The number of nitrogens with one attached hydrogen (secondary N) is 1. The topological polar surface area (TPSA) is 95.9 Å². The first-order valence-electron chi connectivity index (χ1n) is 14.0. The predicted octanol–water partition coefficient (Wildman–Crippen LogP) is 4.28. The van der Waals surface area contributed by atoms with E-state index < -0.39 is 28.7 Å². The monoisotopic (exact) mass is 558 g/mol. The lowest BCUT2D eigenvalue weighted by Crippen LogP contribution is -2.57. The number of amides is 2. The molecule has 3 fully saturated rings. The van der Waals surface area contributed by atoms with E-state index in [0.29, 0.717) is 12.1 Å². The lowest BCUT2D eigenvalue weighted by Gasteiger charge is -2.40. The van der Waals surface area contributed by atoms with Gasteiger partial charge in [-0.2, -0.15) is 0 Å². The molecule has 7 nitrogen and oxygen atoms in total. The number of rotatable bonds is 8. The molecule has 0 aromatic heterocycles. The minimum absolute atomic E-state index is 0.0237. The van der Waals surface area contributed by atoms with Crippen LogP contribution >= 0.6 is 11.8 Å². The van der Waals surface area contributed by atoms with Crippen molar-refractivity contribution in [1.29, 1.82) is 0 Å². The molecule has 0 saturated carbocycles. The van der Waals surface area contributed by atoms with Crippen LogP contribution in [0.4, 0.5) is 5.69 Å². The van der Waals surface area contributed by atoms with Crippen molar-refractivity contribution < 1.29 is 24.2 Å². The number of hydrogen-bond donors (Lipinski definition) is 2. The van der Waals surface area contributed by atoms with Gasteiger partial charge in [-0.25, -0.2) is 0 Å². The van der Waals surface area contributed by atoms with Crippen LogP contribution in [-0.4, -0.2) is 63.1 Å². The van der Waals surface area contributed by atoms with Gasteiger partial charge in [0.15, 0.2) is 0 Å². The minimum Gasteiger partial charge on any atom is -0.466 e. The standard InChI is InChI=1S/C32H34N2O5S/c1-3-39-31(38)26-25-15-19(2)32(40-25)27(26)30(37)34(24(18-35)16-20-9-5-4-6-10-20)28(32)29(36)33-23-14-13-21-11-7-8-12-22(21)17-23/h4-14,17,19,24-28,35H,3,15-16,18H2,1-2H3,(H,33,36)/t19?,24-,25+,26-,27+,28?,32?/m1/s1. The van der Waals surface area contributed by atoms with Crippen molar-refractivity contribution in [2.45, 2.75) is 48.8 Å². The summed E-state index contributed by atoms with van der Waals surface area (Å²) in [6.45, 7) is 3.79. The molecule has 40 heavy (non-hydrogen) atoms. The normalized spacial score (nSPS) is 29.4. The van der Waals surface area contributed by atoms with Crippen LogP contribution in [0.15, 0.2) is 72.8 Å². The molecule has 3 aromatic carbocycles. The van der Waals surface area contributed by atoms with E-state index >= 15 is 0 Å². The van der Waals surface area contributed by atoms with E-state index in [0.717, 1.165) is 22.8 Å². The molecule has 3 aliphatic rings. The zero-order valence-electron chi connectivity index (χ0n) is 22.7. The Hall–Kier alpha value is -3.36. The van der Waals surface area contributed by atoms with E-state index in [4.69, 9.17) is 4.74 Å². The molecule has 3 saturated heterocycles. The van der Waals surface area contributed by atoms with Crippen molar-refractivity contribution in [2.24, 2.45) is 17.8 Å². The number of nitrogens with zero attached hydrogens (tertiary/aromatic N) is 1. The molecule has 3 heterocycles. The van der Waals surface area contributed by atoms with Gasteiger partial charge >= 0.3 is 5.97 Å². The van der Waals surface area contributed by atoms with Crippen molar-refractivity contribution >= 4 is 46.0 Å². The predicted molar refractivity (Wildman–Crippen MR) is 156 cm³/mol. The van der Waals surface area contributed by atoms with Crippen LogP contribution in [0.3, 0.4) is 0 Å². The van der Waals surface area contributed by atoms with E-state index in [1.54, 1.807) is 23.6 Å². The second-order valence-corrected chi connectivity index (χ2v) is 12.7. The molecule has 208 valence electrons. The van der Waals surface area contributed by atoms with Gasteiger partial charge in [0.2, 0.25) is 11.8 Å². The van der Waals surface area contributed by atoms with Crippen molar-refractivity contribution in [1.82, 2.24) is 4.90 Å². The Morgan fingerprint density at radius 3 is 2.55 bits per heavy atom. The number of hydrogen-bond acceptors (Lipinski definition) is 6. The van der Waals surface area contributed by atoms with Gasteiger partial charge in [0, 0.05) is 10.9 Å². The summed E-state index contributed by atoms with van der Waals surface area (Å²) in [4.78, 5) is 43.5. The first-order valence-corrected chi connectivity index (χ1v) is 14.9. The SMILES string of the molecule is CCOC(=O)[C@@H]1[C@@H]2CC(C)C3(S2)C(C(=O)Nc2ccc4ccccc4c2)N([C@@H](CO)Cc2ccccc2)C(=O)[C@H]13. The van der Waals surface area contributed by atoms with E-state index in [1.807, 2.05) is 72.8 Å². The number of esters is 1. The van der Waals surface area contributed by atoms with Crippen LogP contribution < -0.4 is 5.32 Å². The molecule has 2 bridgehead atoms. The number of carbonyl (C=O) groups excluding carboxylic acids is 3. The summed E-state index contributed by atoms with van der Waals surface area (Å²) in [6.07, 6.45) is 1.13. The maximum Gasteiger partial charge on any atom is 0.310 e. The van der Waals surface area contributed by atoms with Crippen LogP contribution in [0, 0.1) is 17.8 Å². The molecule has 8 heteroatoms. The third-order valence-electron chi connectivity index (χ3n) is 8.93. The third kappa shape index (κ3) is 4.20. The van der Waals surface area contributed by atoms with Gasteiger partial charge in [0.1, 0.15) is 6.04 Å². The quantitative estimate of drug-likeness (QED) is 0.401. The molecule has 3 aliphatic heterocycles. The zero-order chi connectivity index (χ0) is 28.0. The van der Waals surface area contributed by atoms with Gasteiger partial charge in [-0.3, -0.25) is 14.4 Å². The van der Waals surface area contributed by atoms with Gasteiger partial charge < -0.3 is 20.1 Å². The molecule has 0 radical (unpaired) electrons. The molecule has 3 aromatic rings. The summed E-state index contributed by atoms with van der Waals surface area (Å²) in [7, 11) is 0. The van der Waals surface area contributed by atoms with Gasteiger partial charge in [-0.15, -0.1) is 11.8 Å². The van der Waals surface area contributed by atoms with E-state index in [9.17, 15) is 19.5 Å². The fourth-order valence-corrected chi connectivity index (χ4v) is 9.67. The Morgan fingerprint density at radius 1 is 1.10 bits per heavy atom. The van der Waals surface area contributed by atoms with Crippen molar-refractivity contribution in [3.05, 3.63) is 78.4 Å². The summed E-state index contributed by atoms with van der Waals surface area (Å²) in [5.41, 5.74) is 1.61. The number of aliphatic hydroxyl groups is 1. The number of ether oxygens (including phenoxy) is 1. The highest BCUT2D eigenvalue weighted by Crippen LogP contribution is 2.69. The van der Waals surface area contributed by atoms with Gasteiger partial charge in [0.05, 0.1) is 35.8 Å². The van der Waals surface area contributed by atoms with Crippen LogP contribution in [-0.2, 0) is 25.5 Å². The van der Waals surface area contributed by atoms with Gasteiger partial charge in [0.25, 0.3) is 0 Å². The summed E-state index contributed by atoms with van der Waals surface area (Å²) in [5.74, 6) is -2.16. The van der Waals surface area contributed by atoms with E-state index in [2.05, 4.69) is 12.2 Å². The highest BCUT2D eigenvalue weighted by molar-refractivity contribution is 8.02. The Morgan fingerprint density at radius 2 is 1.82 bits per heavy atom. The largest absolute Gasteiger partial charge is 0.466 e. The highest BCUT2D eigenvalue weighted by atomic mass is 32.2. The number of aliphatic hydroxyl groups excluding tert-OH is 1. The Bertz CT molecular complexity index is 1450. The Labute approximate surface area is 238 Å². The summed E-state index contributed by atoms with van der Waals surface area (Å²) in [6, 6.07) is 21.9. The molecule has 3 unspecified atom stereocenters. The second-order valence-electron chi connectivity index (χ2n) is 11.1. The lowest BCUT2D eigenvalue weighted by molar-refractivity contribution is -0.154. The maximum absolute atomic E-state index is 14.4. The van der Waals surface area contributed by atoms with Gasteiger partial charge in [-0.05, 0) is 54.2 Å². The molecular formula is C32H34N2O5S. The number of thioether (sulfide) groups is 1. The smallest absolute Gasteiger partial charge is 0.310 e. The number of fused-ring (bicyclic) bond motifs is 2. The fourth-order valence-electron chi connectivity index (χ4n) is 7.27. The first-order chi connectivity index (χ1) is 19.4. The van der Waals surface area contributed by atoms with Crippen molar-refractivity contribution in [3.63, 3.8) is 0 Å². The molecule has 1 spiro atoms. The molecule has 6 rings (SSSR count). The van der Waals surface area contributed by atoms with E-state index in [-0.39, 0.29) is 42.2 Å². The summed E-state index contributed by atoms with van der Waals surface area (Å²) in [5, 5.41) is 15.7. The molecular weight excluding hydrogens is 524 g/mol. The van der Waals surface area contributed by atoms with Crippen molar-refractivity contribution in [3.8, 4) is 0 Å². The number of benzene rings is 3. The van der Waals surface area contributed by atoms with Crippen LogP contribution in [0.5, 0.6) is 0 Å². The van der Waals surface area contributed by atoms with E-state index in [1.165, 1.54) is 0 Å². The molecule has 7 atom stereocenters. The second kappa shape index (κ2) is 10.6. The van der Waals surface area contributed by atoms with Crippen LogP contribution in [0.25, 0.3) is 10.8 Å². The number of anilines is 1. The van der Waals surface area contributed by atoms with Crippen molar-refractivity contribution in [2.75, 3.05) is 18.5 Å². The van der Waals surface area contributed by atoms with Crippen LogP contribution in [0.2, 0.25) is 0 Å². The lowest BCUT2D eigenvalue weighted by atomic mass is 9.66. The average Bonchev–Trinajstić information content (AvgIpc) is 3.56. The Kier molecular flexibility index (Phi) is 7.09. The minimum atomic E-state index is -0.846. The zero-order valence-corrected chi connectivity index (χ0v) is 23.5.